The van der Waals surface area contributed by atoms with Crippen LogP contribution in [0.1, 0.15) is 23.6 Å². The molecule has 3 aromatic rings. The Labute approximate surface area is 193 Å². The van der Waals surface area contributed by atoms with Crippen LogP contribution in [0.5, 0.6) is 23.0 Å². The summed E-state index contributed by atoms with van der Waals surface area (Å²) >= 11 is 0. The highest BCUT2D eigenvalue weighted by Crippen LogP contribution is 2.32. The van der Waals surface area contributed by atoms with E-state index in [1.54, 1.807) is 0 Å². The van der Waals surface area contributed by atoms with E-state index < -0.39 is 0 Å². The zero-order valence-electron chi connectivity index (χ0n) is 18.9. The molecule has 4 rings (SSSR count). The molecule has 1 aliphatic heterocycles. The number of carbonyl (C=O) groups is 1. The third-order valence-corrected chi connectivity index (χ3v) is 5.10. The van der Waals surface area contributed by atoms with Crippen molar-refractivity contribution < 1.29 is 23.7 Å². The normalized spacial score (nSPS) is 11.8. The van der Waals surface area contributed by atoms with E-state index in [2.05, 4.69) is 10.6 Å². The van der Waals surface area contributed by atoms with Crippen LogP contribution < -0.4 is 29.6 Å². The molecule has 1 aliphatic rings. The van der Waals surface area contributed by atoms with E-state index in [9.17, 15) is 4.79 Å². The minimum absolute atomic E-state index is 0.102. The fraction of sp³-hybridized carbons (Fsp3) is 0.269. The third-order valence-electron chi connectivity index (χ3n) is 5.10. The van der Waals surface area contributed by atoms with Gasteiger partial charge in [0.25, 0.3) is 5.91 Å². The minimum Gasteiger partial charge on any atom is -0.490 e. The van der Waals surface area contributed by atoms with Gasteiger partial charge in [0.2, 0.25) is 6.79 Å². The fourth-order valence-corrected chi connectivity index (χ4v) is 3.43. The zero-order valence-corrected chi connectivity index (χ0v) is 18.9. The quantitative estimate of drug-likeness (QED) is 0.478. The Balaban J connectivity index is 1.30. The van der Waals surface area contributed by atoms with Gasteiger partial charge < -0.3 is 29.6 Å². The molecule has 172 valence electrons. The molecular formula is C26H28N2O5. The molecule has 0 aromatic heterocycles. The van der Waals surface area contributed by atoms with Crippen LogP contribution in [-0.4, -0.2) is 25.9 Å². The van der Waals surface area contributed by atoms with E-state index in [1.807, 2.05) is 74.5 Å². The SMILES string of the molecule is CCOc1cc(CNCc2ccc3c(c2)OCO3)ccc1OCC(=O)Nc1ccc(C)cc1. The number of carbonyl (C=O) groups excluding carboxylic acids is 1. The molecule has 0 radical (unpaired) electrons. The van der Waals surface area contributed by atoms with Crippen molar-refractivity contribution in [3.63, 3.8) is 0 Å². The summed E-state index contributed by atoms with van der Waals surface area (Å²) < 4.78 is 22.3. The molecule has 0 spiro atoms. The average molecular weight is 449 g/mol. The van der Waals surface area contributed by atoms with Crippen molar-refractivity contribution in [1.82, 2.24) is 5.32 Å². The van der Waals surface area contributed by atoms with Crippen molar-refractivity contribution in [2.75, 3.05) is 25.3 Å². The topological polar surface area (TPSA) is 78.1 Å². The molecule has 0 saturated heterocycles. The van der Waals surface area contributed by atoms with Gasteiger partial charge in [0.15, 0.2) is 29.6 Å². The van der Waals surface area contributed by atoms with E-state index in [4.69, 9.17) is 18.9 Å². The average Bonchev–Trinajstić information content (AvgIpc) is 3.28. The third kappa shape index (κ3) is 6.17. The van der Waals surface area contributed by atoms with Crippen molar-refractivity contribution >= 4 is 11.6 Å². The smallest absolute Gasteiger partial charge is 0.262 e. The zero-order chi connectivity index (χ0) is 23.0. The summed E-state index contributed by atoms with van der Waals surface area (Å²) in [5.41, 5.74) is 4.04. The molecule has 33 heavy (non-hydrogen) atoms. The van der Waals surface area contributed by atoms with Gasteiger partial charge in [0.05, 0.1) is 6.61 Å². The first-order chi connectivity index (χ1) is 16.1. The molecule has 0 unspecified atom stereocenters. The summed E-state index contributed by atoms with van der Waals surface area (Å²) in [6, 6.07) is 19.3. The van der Waals surface area contributed by atoms with Crippen molar-refractivity contribution in [2.45, 2.75) is 26.9 Å². The molecule has 0 saturated carbocycles. The Morgan fingerprint density at radius 2 is 1.61 bits per heavy atom. The van der Waals surface area contributed by atoms with Gasteiger partial charge >= 0.3 is 0 Å². The van der Waals surface area contributed by atoms with Crippen LogP contribution in [0.25, 0.3) is 0 Å². The van der Waals surface area contributed by atoms with E-state index in [0.717, 1.165) is 33.9 Å². The lowest BCUT2D eigenvalue weighted by Crippen LogP contribution is -2.20. The van der Waals surface area contributed by atoms with Crippen molar-refractivity contribution in [3.05, 3.63) is 77.4 Å². The van der Waals surface area contributed by atoms with Crippen LogP contribution >= 0.6 is 0 Å². The highest BCUT2D eigenvalue weighted by molar-refractivity contribution is 5.91. The van der Waals surface area contributed by atoms with Crippen LogP contribution in [0.3, 0.4) is 0 Å². The maximum Gasteiger partial charge on any atom is 0.262 e. The minimum atomic E-state index is -0.226. The number of ether oxygens (including phenoxy) is 4. The lowest BCUT2D eigenvalue weighted by Gasteiger charge is -2.14. The maximum atomic E-state index is 12.2. The molecular weight excluding hydrogens is 420 g/mol. The summed E-state index contributed by atoms with van der Waals surface area (Å²) in [5.74, 6) is 2.48. The molecule has 1 amide bonds. The Morgan fingerprint density at radius 3 is 2.39 bits per heavy atom. The van der Waals surface area contributed by atoms with Gasteiger partial charge in [-0.2, -0.15) is 0 Å². The van der Waals surface area contributed by atoms with Gasteiger partial charge in [-0.1, -0.05) is 29.8 Å². The number of aryl methyl sites for hydroxylation is 1. The van der Waals surface area contributed by atoms with Crippen LogP contribution in [0.2, 0.25) is 0 Å². The lowest BCUT2D eigenvalue weighted by molar-refractivity contribution is -0.118. The summed E-state index contributed by atoms with van der Waals surface area (Å²) in [4.78, 5) is 12.2. The van der Waals surface area contributed by atoms with Crippen LogP contribution in [0.15, 0.2) is 60.7 Å². The van der Waals surface area contributed by atoms with E-state index >= 15 is 0 Å². The Bertz CT molecular complexity index is 1100. The van der Waals surface area contributed by atoms with Crippen LogP contribution in [0.4, 0.5) is 5.69 Å². The highest BCUT2D eigenvalue weighted by Gasteiger charge is 2.13. The van der Waals surface area contributed by atoms with E-state index in [1.165, 1.54) is 0 Å². The first-order valence-corrected chi connectivity index (χ1v) is 10.9. The number of amides is 1. The van der Waals surface area contributed by atoms with Gasteiger partial charge in [-0.3, -0.25) is 4.79 Å². The van der Waals surface area contributed by atoms with Gasteiger partial charge in [0, 0.05) is 18.8 Å². The second-order valence-corrected chi connectivity index (χ2v) is 7.71. The second-order valence-electron chi connectivity index (χ2n) is 7.71. The number of nitrogens with one attached hydrogen (secondary N) is 2. The fourth-order valence-electron chi connectivity index (χ4n) is 3.43. The Morgan fingerprint density at radius 1 is 0.879 bits per heavy atom. The Hall–Kier alpha value is -3.71. The molecule has 0 atom stereocenters. The monoisotopic (exact) mass is 448 g/mol. The van der Waals surface area contributed by atoms with Crippen molar-refractivity contribution in [2.24, 2.45) is 0 Å². The molecule has 1 heterocycles. The standard InChI is InChI=1S/C26H28N2O5/c1-3-30-24-12-19(14-27-15-20-7-11-23-25(13-20)33-17-32-23)6-10-22(24)31-16-26(29)28-21-8-4-18(2)5-9-21/h4-13,27H,3,14-17H2,1-2H3,(H,28,29). The lowest BCUT2D eigenvalue weighted by atomic mass is 10.1. The molecule has 7 heteroatoms. The summed E-state index contributed by atoms with van der Waals surface area (Å²) in [5, 5.41) is 6.25. The summed E-state index contributed by atoms with van der Waals surface area (Å²) in [6.45, 7) is 5.93. The summed E-state index contributed by atoms with van der Waals surface area (Å²) in [7, 11) is 0. The Kier molecular flexibility index (Phi) is 7.32. The number of fused-ring (bicyclic) bond motifs is 1. The number of benzene rings is 3. The maximum absolute atomic E-state index is 12.2. The number of anilines is 1. The first kappa shape index (κ1) is 22.5. The van der Waals surface area contributed by atoms with Crippen LogP contribution in [-0.2, 0) is 17.9 Å². The summed E-state index contributed by atoms with van der Waals surface area (Å²) in [6.07, 6.45) is 0. The number of rotatable bonds is 10. The number of hydrogen-bond acceptors (Lipinski definition) is 6. The van der Waals surface area contributed by atoms with Gasteiger partial charge in [0.1, 0.15) is 0 Å². The predicted molar refractivity (Wildman–Crippen MR) is 126 cm³/mol. The molecule has 0 bridgehead atoms. The largest absolute Gasteiger partial charge is 0.490 e. The molecule has 3 aromatic carbocycles. The highest BCUT2D eigenvalue weighted by atomic mass is 16.7. The number of hydrogen-bond donors (Lipinski definition) is 2. The predicted octanol–water partition coefficient (Wildman–Crippen LogP) is 4.43. The van der Waals surface area contributed by atoms with Crippen molar-refractivity contribution in [1.29, 1.82) is 0 Å². The van der Waals surface area contributed by atoms with Crippen molar-refractivity contribution in [3.8, 4) is 23.0 Å². The molecule has 7 nitrogen and oxygen atoms in total. The van der Waals surface area contributed by atoms with Gasteiger partial charge in [-0.05, 0) is 61.4 Å². The first-order valence-electron chi connectivity index (χ1n) is 10.9. The van der Waals surface area contributed by atoms with Crippen LogP contribution in [0, 0.1) is 6.92 Å². The second kappa shape index (κ2) is 10.7. The van der Waals surface area contributed by atoms with E-state index in [-0.39, 0.29) is 19.3 Å². The molecule has 0 aliphatic carbocycles. The van der Waals surface area contributed by atoms with E-state index in [0.29, 0.717) is 31.2 Å². The molecule has 0 fully saturated rings. The molecule has 2 N–H and O–H groups in total. The van der Waals surface area contributed by atoms with Gasteiger partial charge in [-0.25, -0.2) is 0 Å². The van der Waals surface area contributed by atoms with Gasteiger partial charge in [-0.15, -0.1) is 0 Å².